The highest BCUT2D eigenvalue weighted by molar-refractivity contribution is 6.07. The van der Waals surface area contributed by atoms with Crippen LogP contribution in [-0.4, -0.2) is 26.7 Å². The third-order valence-corrected chi connectivity index (χ3v) is 2.60. The van der Waals surface area contributed by atoms with Gasteiger partial charge in [0, 0.05) is 24.3 Å². The molecule has 0 heterocycles. The minimum Gasteiger partial charge on any atom is -0.361 e. The second-order valence-corrected chi connectivity index (χ2v) is 3.79. The molecular weight excluding hydrogens is 214 g/mol. The van der Waals surface area contributed by atoms with Gasteiger partial charge in [0.2, 0.25) is 0 Å². The number of hydrogen-bond donors (Lipinski definition) is 0. The van der Waals surface area contributed by atoms with E-state index >= 15 is 0 Å². The molecule has 0 bridgehead atoms. The molecule has 0 fully saturated rings. The molecule has 0 radical (unpaired) electrons. The fourth-order valence-electron chi connectivity index (χ4n) is 1.64. The van der Waals surface area contributed by atoms with Crippen LogP contribution in [0, 0.1) is 0 Å². The summed E-state index contributed by atoms with van der Waals surface area (Å²) in [6.45, 7) is 0. The molecule has 0 N–H and O–H groups in total. The molecule has 84 valence electrons. The highest BCUT2D eigenvalue weighted by Crippen LogP contribution is 2.12. The van der Waals surface area contributed by atoms with Gasteiger partial charge in [0.25, 0.3) is 11.4 Å². The van der Waals surface area contributed by atoms with Gasteiger partial charge < -0.3 is 11.1 Å². The predicted octanol–water partition coefficient (Wildman–Crippen LogP) is 1.96. The van der Waals surface area contributed by atoms with Crippen molar-refractivity contribution in [2.45, 2.75) is 19.3 Å². The fraction of sp³-hybridized carbons (Fsp3) is 0.250. The van der Waals surface area contributed by atoms with Crippen molar-refractivity contribution < 1.29 is 9.58 Å². The van der Waals surface area contributed by atoms with Crippen LogP contribution in [0.4, 0.5) is 0 Å². The largest absolute Gasteiger partial charge is 0.361 e. The van der Waals surface area contributed by atoms with Gasteiger partial charge in [0.05, 0.1) is 18.5 Å². The van der Waals surface area contributed by atoms with Crippen LogP contribution in [0.3, 0.4) is 0 Å². The molecule has 5 heteroatoms. The number of nitrogens with zero attached hydrogens (tertiary/aromatic N) is 5. The minimum atomic E-state index is 0.589. The Bertz CT molecular complexity index is 549. The molecule has 0 saturated carbocycles. The number of aliphatic imine (C=N–C) groups is 1. The summed E-state index contributed by atoms with van der Waals surface area (Å²) in [7, 11) is 0. The molecule has 0 aromatic heterocycles. The predicted molar refractivity (Wildman–Crippen MR) is 64.9 cm³/mol. The van der Waals surface area contributed by atoms with Crippen molar-refractivity contribution in [3.8, 4) is 0 Å². The smallest absolute Gasteiger partial charge is 0.295 e. The summed E-state index contributed by atoms with van der Waals surface area (Å²) in [5, 5.41) is 0. The summed E-state index contributed by atoms with van der Waals surface area (Å²) in [5.41, 5.74) is 20.3. The molecule has 0 spiro atoms. The SMILES string of the molecule is [N-]=[N+]=C1C=CC(N=C2C=CC(=[N+]=[N-])CC2)=CC1. The van der Waals surface area contributed by atoms with Crippen molar-refractivity contribution in [1.29, 1.82) is 0 Å². The van der Waals surface area contributed by atoms with Gasteiger partial charge in [0.15, 0.2) is 0 Å². The molecule has 0 aromatic rings. The van der Waals surface area contributed by atoms with Gasteiger partial charge in [-0.15, -0.1) is 0 Å². The van der Waals surface area contributed by atoms with Crippen molar-refractivity contribution in [1.82, 2.24) is 0 Å². The lowest BCUT2D eigenvalue weighted by Crippen LogP contribution is -2.08. The van der Waals surface area contributed by atoms with Gasteiger partial charge >= 0.3 is 0 Å². The van der Waals surface area contributed by atoms with Gasteiger partial charge in [-0.1, -0.05) is 0 Å². The Balaban J connectivity index is 2.13. The molecular formula is C12H11N5. The van der Waals surface area contributed by atoms with E-state index in [-0.39, 0.29) is 0 Å². The van der Waals surface area contributed by atoms with Crippen LogP contribution in [0.5, 0.6) is 0 Å². The molecule has 0 atom stereocenters. The van der Waals surface area contributed by atoms with E-state index < -0.39 is 0 Å². The lowest BCUT2D eigenvalue weighted by atomic mass is 10.0. The van der Waals surface area contributed by atoms with E-state index in [0.29, 0.717) is 24.3 Å². The lowest BCUT2D eigenvalue weighted by molar-refractivity contribution is -0.00641. The van der Waals surface area contributed by atoms with Crippen LogP contribution in [0.1, 0.15) is 19.3 Å². The first-order valence-corrected chi connectivity index (χ1v) is 5.37. The normalized spacial score (nSPS) is 21.2. The summed E-state index contributed by atoms with van der Waals surface area (Å²) in [5.74, 6) is 0. The van der Waals surface area contributed by atoms with Crippen molar-refractivity contribution in [3.05, 3.63) is 47.1 Å². The third kappa shape index (κ3) is 2.82. The summed E-state index contributed by atoms with van der Waals surface area (Å²) in [4.78, 5) is 10.7. The molecule has 2 rings (SSSR count). The van der Waals surface area contributed by atoms with Crippen LogP contribution in [0.25, 0.3) is 11.1 Å². The Kier molecular flexibility index (Phi) is 3.36. The van der Waals surface area contributed by atoms with Crippen LogP contribution in [-0.2, 0) is 0 Å². The highest BCUT2D eigenvalue weighted by atomic mass is 14.9. The van der Waals surface area contributed by atoms with E-state index in [0.717, 1.165) is 17.8 Å². The number of hydrogen-bond acceptors (Lipinski definition) is 1. The number of rotatable bonds is 1. The molecule has 0 saturated heterocycles. The summed E-state index contributed by atoms with van der Waals surface area (Å²) < 4.78 is 0. The Morgan fingerprint density at radius 2 is 1.71 bits per heavy atom. The van der Waals surface area contributed by atoms with E-state index in [4.69, 9.17) is 11.1 Å². The Hall–Kier alpha value is -2.35. The summed E-state index contributed by atoms with van der Waals surface area (Å²) >= 11 is 0. The van der Waals surface area contributed by atoms with Crippen molar-refractivity contribution in [3.63, 3.8) is 0 Å². The molecule has 0 amide bonds. The highest BCUT2D eigenvalue weighted by Gasteiger charge is 2.13. The Morgan fingerprint density at radius 1 is 0.941 bits per heavy atom. The van der Waals surface area contributed by atoms with Crippen LogP contribution >= 0.6 is 0 Å². The van der Waals surface area contributed by atoms with Crippen molar-refractivity contribution in [2.75, 3.05) is 0 Å². The Morgan fingerprint density at radius 3 is 2.24 bits per heavy atom. The zero-order valence-electron chi connectivity index (χ0n) is 9.24. The zero-order chi connectivity index (χ0) is 12.1. The van der Waals surface area contributed by atoms with Gasteiger partial charge in [0.1, 0.15) is 0 Å². The van der Waals surface area contributed by atoms with E-state index in [1.165, 1.54) is 0 Å². The molecule has 2 aliphatic carbocycles. The zero-order valence-corrected chi connectivity index (χ0v) is 9.24. The van der Waals surface area contributed by atoms with E-state index in [9.17, 15) is 0 Å². The second-order valence-electron chi connectivity index (χ2n) is 3.79. The summed E-state index contributed by atoms with van der Waals surface area (Å²) in [6, 6.07) is 0. The maximum atomic E-state index is 8.59. The first-order chi connectivity index (χ1) is 8.31. The van der Waals surface area contributed by atoms with Gasteiger partial charge in [-0.2, -0.15) is 9.58 Å². The van der Waals surface area contributed by atoms with Crippen molar-refractivity contribution in [2.24, 2.45) is 4.99 Å². The van der Waals surface area contributed by atoms with Crippen LogP contribution in [0.2, 0.25) is 0 Å². The standard InChI is InChI=1S/C12H11N5/c13-16-11-5-1-9(2-6-11)15-10-3-7-12(17-14)8-4-10/h1-3,5,7H,4,6,8H2. The molecule has 0 unspecified atom stereocenters. The first-order valence-electron chi connectivity index (χ1n) is 5.37. The average molecular weight is 225 g/mol. The van der Waals surface area contributed by atoms with Gasteiger partial charge in [-0.25, -0.2) is 0 Å². The number of allylic oxidation sites excluding steroid dienone is 5. The topological polar surface area (TPSA) is 85.2 Å². The molecule has 17 heavy (non-hydrogen) atoms. The molecule has 2 aliphatic rings. The molecule has 0 aliphatic heterocycles. The van der Waals surface area contributed by atoms with E-state index in [1.54, 1.807) is 12.2 Å². The van der Waals surface area contributed by atoms with Gasteiger partial charge in [-0.05, 0) is 18.2 Å². The first kappa shape index (κ1) is 11.1. The minimum absolute atomic E-state index is 0.589. The summed E-state index contributed by atoms with van der Waals surface area (Å²) in [6.07, 6.45) is 11.1. The van der Waals surface area contributed by atoms with E-state index in [2.05, 4.69) is 14.6 Å². The Labute approximate surface area is 98.7 Å². The third-order valence-electron chi connectivity index (χ3n) is 2.60. The molecule has 5 nitrogen and oxygen atoms in total. The lowest BCUT2D eigenvalue weighted by Gasteiger charge is -2.05. The quantitative estimate of drug-likeness (QED) is 0.482. The monoisotopic (exact) mass is 225 g/mol. The maximum absolute atomic E-state index is 8.59. The van der Waals surface area contributed by atoms with Crippen LogP contribution in [0.15, 0.2) is 41.1 Å². The van der Waals surface area contributed by atoms with E-state index in [1.807, 2.05) is 18.2 Å². The van der Waals surface area contributed by atoms with Gasteiger partial charge in [-0.3, -0.25) is 4.99 Å². The fourth-order valence-corrected chi connectivity index (χ4v) is 1.64. The van der Waals surface area contributed by atoms with Crippen LogP contribution < -0.4 is 0 Å². The maximum Gasteiger partial charge on any atom is 0.295 e. The average Bonchev–Trinajstić information content (AvgIpc) is 2.40. The molecule has 0 aromatic carbocycles. The van der Waals surface area contributed by atoms with Crippen molar-refractivity contribution >= 4 is 17.1 Å². The second kappa shape index (κ2) is 5.12.